The maximum Gasteiger partial charge on any atom is 0.262 e. The molecule has 29 heavy (non-hydrogen) atoms. The van der Waals surface area contributed by atoms with Crippen molar-refractivity contribution in [3.05, 3.63) is 64.3 Å². The summed E-state index contributed by atoms with van der Waals surface area (Å²) in [5.41, 5.74) is 2.46. The monoisotopic (exact) mass is 412 g/mol. The van der Waals surface area contributed by atoms with Gasteiger partial charge in [-0.1, -0.05) is 23.8 Å². The van der Waals surface area contributed by atoms with Crippen LogP contribution in [0.4, 0.5) is 10.1 Å². The Morgan fingerprint density at radius 3 is 2.76 bits per heavy atom. The van der Waals surface area contributed by atoms with Crippen molar-refractivity contribution in [2.75, 3.05) is 18.6 Å². The fraction of sp³-hybridized carbons (Fsp3) is 0.273. The second-order valence-electron chi connectivity index (χ2n) is 7.10. The van der Waals surface area contributed by atoms with Gasteiger partial charge in [0.1, 0.15) is 11.9 Å². The van der Waals surface area contributed by atoms with Crippen molar-refractivity contribution in [3.8, 4) is 0 Å². The van der Waals surface area contributed by atoms with E-state index in [9.17, 15) is 14.0 Å². The highest BCUT2D eigenvalue weighted by molar-refractivity contribution is 7.21. The Morgan fingerprint density at radius 1 is 1.28 bits per heavy atom. The zero-order valence-corrected chi connectivity index (χ0v) is 17.0. The number of hydrogen-bond donors (Lipinski definition) is 1. The van der Waals surface area contributed by atoms with Crippen LogP contribution in [0.25, 0.3) is 10.1 Å². The maximum atomic E-state index is 14.3. The molecule has 0 radical (unpaired) electrons. The summed E-state index contributed by atoms with van der Waals surface area (Å²) in [6, 6.07) is 11.9. The molecular formula is C22H21FN2O3S. The summed E-state index contributed by atoms with van der Waals surface area (Å²) in [7, 11) is 1.51. The number of benzene rings is 2. The Hall–Kier alpha value is -2.77. The van der Waals surface area contributed by atoms with Crippen molar-refractivity contribution in [2.24, 2.45) is 0 Å². The molecule has 1 aromatic heterocycles. The predicted octanol–water partition coefficient (Wildman–Crippen LogP) is 4.03. The summed E-state index contributed by atoms with van der Waals surface area (Å²) in [5, 5.41) is 3.24. The first-order valence-corrected chi connectivity index (χ1v) is 10.2. The molecule has 1 aliphatic rings. The molecule has 1 aliphatic heterocycles. The molecule has 0 unspecified atom stereocenters. The SMILES string of the molecule is COCc1c(C(=O)N[C@@H]2CCN(c3ccc(C)cc3)C2=O)sc2cccc(F)c12. The van der Waals surface area contributed by atoms with E-state index >= 15 is 0 Å². The minimum Gasteiger partial charge on any atom is -0.380 e. The highest BCUT2D eigenvalue weighted by Crippen LogP contribution is 2.34. The number of thiophene rings is 1. The van der Waals surface area contributed by atoms with E-state index in [0.717, 1.165) is 11.3 Å². The van der Waals surface area contributed by atoms with Crippen molar-refractivity contribution in [3.63, 3.8) is 0 Å². The van der Waals surface area contributed by atoms with Crippen molar-refractivity contribution < 1.29 is 18.7 Å². The average molecular weight is 412 g/mol. The molecule has 1 atom stereocenters. The van der Waals surface area contributed by atoms with Gasteiger partial charge in [-0.15, -0.1) is 11.3 Å². The number of rotatable bonds is 5. The first-order chi connectivity index (χ1) is 14.0. The van der Waals surface area contributed by atoms with Crippen LogP contribution < -0.4 is 10.2 Å². The van der Waals surface area contributed by atoms with Crippen LogP contribution in [0.1, 0.15) is 27.2 Å². The number of carbonyl (C=O) groups excluding carboxylic acids is 2. The van der Waals surface area contributed by atoms with Crippen molar-refractivity contribution in [1.29, 1.82) is 0 Å². The van der Waals surface area contributed by atoms with Gasteiger partial charge in [-0.25, -0.2) is 4.39 Å². The third kappa shape index (κ3) is 3.63. The second kappa shape index (κ2) is 7.93. The quantitative estimate of drug-likeness (QED) is 0.688. The minimum atomic E-state index is -0.603. The molecule has 0 aliphatic carbocycles. The predicted molar refractivity (Wildman–Crippen MR) is 112 cm³/mol. The smallest absolute Gasteiger partial charge is 0.262 e. The van der Waals surface area contributed by atoms with Gasteiger partial charge in [0.25, 0.3) is 5.91 Å². The van der Waals surface area contributed by atoms with Crippen LogP contribution in [0, 0.1) is 12.7 Å². The number of amides is 2. The highest BCUT2D eigenvalue weighted by atomic mass is 32.1. The zero-order chi connectivity index (χ0) is 20.5. The standard InChI is InChI=1S/C22H21FN2O3S/c1-13-6-8-14(9-7-13)25-11-10-17(22(25)27)24-21(26)20-15(12-28-2)19-16(23)4-3-5-18(19)29-20/h3-9,17H,10-12H2,1-2H3,(H,24,26)/t17-/m1/s1. The van der Waals surface area contributed by atoms with Gasteiger partial charge in [0.15, 0.2) is 0 Å². The lowest BCUT2D eigenvalue weighted by Gasteiger charge is -2.17. The number of carbonyl (C=O) groups is 2. The van der Waals surface area contributed by atoms with Gasteiger partial charge in [-0.05, 0) is 37.6 Å². The van der Waals surface area contributed by atoms with Gasteiger partial charge in [0.2, 0.25) is 5.91 Å². The lowest BCUT2D eigenvalue weighted by Crippen LogP contribution is -2.41. The van der Waals surface area contributed by atoms with Crippen LogP contribution >= 0.6 is 11.3 Å². The molecule has 0 saturated carbocycles. The number of ether oxygens (including phenoxy) is 1. The van der Waals surface area contributed by atoms with E-state index in [2.05, 4.69) is 5.32 Å². The van der Waals surface area contributed by atoms with Gasteiger partial charge in [-0.3, -0.25) is 9.59 Å². The van der Waals surface area contributed by atoms with Crippen molar-refractivity contribution in [1.82, 2.24) is 5.32 Å². The average Bonchev–Trinajstić information content (AvgIpc) is 3.25. The van der Waals surface area contributed by atoms with E-state index < -0.39 is 6.04 Å². The van der Waals surface area contributed by atoms with E-state index in [-0.39, 0.29) is 24.2 Å². The number of methoxy groups -OCH3 is 1. The molecule has 1 saturated heterocycles. The molecule has 7 heteroatoms. The molecular weight excluding hydrogens is 391 g/mol. The minimum absolute atomic E-state index is 0.123. The zero-order valence-electron chi connectivity index (χ0n) is 16.2. The molecule has 150 valence electrons. The number of aryl methyl sites for hydroxylation is 1. The summed E-state index contributed by atoms with van der Waals surface area (Å²) in [5.74, 6) is -0.892. The molecule has 1 fully saturated rings. The molecule has 2 amide bonds. The van der Waals surface area contributed by atoms with E-state index in [1.807, 2.05) is 31.2 Å². The number of fused-ring (bicyclic) bond motifs is 1. The first-order valence-electron chi connectivity index (χ1n) is 9.37. The van der Waals surface area contributed by atoms with Gasteiger partial charge in [0.05, 0.1) is 11.5 Å². The third-order valence-corrected chi connectivity index (χ3v) is 6.31. The van der Waals surface area contributed by atoms with Crippen LogP contribution in [0.2, 0.25) is 0 Å². The number of nitrogens with one attached hydrogen (secondary N) is 1. The Balaban J connectivity index is 1.57. The van der Waals surface area contributed by atoms with Gasteiger partial charge >= 0.3 is 0 Å². The first kappa shape index (κ1) is 19.5. The summed E-state index contributed by atoms with van der Waals surface area (Å²) in [4.78, 5) is 27.9. The normalized spacial score (nSPS) is 16.6. The Morgan fingerprint density at radius 2 is 2.03 bits per heavy atom. The molecule has 3 aromatic rings. The number of hydrogen-bond acceptors (Lipinski definition) is 4. The Bertz CT molecular complexity index is 1080. The highest BCUT2D eigenvalue weighted by Gasteiger charge is 2.34. The second-order valence-corrected chi connectivity index (χ2v) is 8.15. The van der Waals surface area contributed by atoms with Gasteiger partial charge < -0.3 is 15.0 Å². The van der Waals surface area contributed by atoms with Crippen molar-refractivity contribution in [2.45, 2.75) is 26.0 Å². The molecule has 0 bridgehead atoms. The van der Waals surface area contributed by atoms with E-state index in [4.69, 9.17) is 4.74 Å². The van der Waals surface area contributed by atoms with Crippen LogP contribution in [0.5, 0.6) is 0 Å². The third-order valence-electron chi connectivity index (χ3n) is 5.11. The van der Waals surface area contributed by atoms with Crippen LogP contribution in [0.3, 0.4) is 0 Å². The van der Waals surface area contributed by atoms with Crippen LogP contribution in [-0.4, -0.2) is 31.5 Å². The van der Waals surface area contributed by atoms with Gasteiger partial charge in [0, 0.05) is 35.0 Å². The summed E-state index contributed by atoms with van der Waals surface area (Å²) in [6.45, 7) is 2.65. The maximum absolute atomic E-state index is 14.3. The molecule has 5 nitrogen and oxygen atoms in total. The van der Waals surface area contributed by atoms with Crippen LogP contribution in [-0.2, 0) is 16.1 Å². The van der Waals surface area contributed by atoms with Crippen molar-refractivity contribution >= 4 is 38.9 Å². The van der Waals surface area contributed by atoms with Gasteiger partial charge in [-0.2, -0.15) is 0 Å². The molecule has 2 aromatic carbocycles. The lowest BCUT2D eigenvalue weighted by molar-refractivity contribution is -0.118. The summed E-state index contributed by atoms with van der Waals surface area (Å²) < 4.78 is 20.2. The summed E-state index contributed by atoms with van der Waals surface area (Å²) in [6.07, 6.45) is 0.525. The number of halogens is 1. The molecule has 4 rings (SSSR count). The van der Waals surface area contributed by atoms with Crippen LogP contribution in [0.15, 0.2) is 42.5 Å². The Kier molecular flexibility index (Phi) is 5.34. The molecule has 0 spiro atoms. The topological polar surface area (TPSA) is 58.6 Å². The number of anilines is 1. The summed E-state index contributed by atoms with van der Waals surface area (Å²) >= 11 is 1.21. The Labute approximate surface area is 172 Å². The lowest BCUT2D eigenvalue weighted by atomic mass is 10.1. The van der Waals surface area contributed by atoms with E-state index in [0.29, 0.717) is 33.5 Å². The molecule has 2 heterocycles. The largest absolute Gasteiger partial charge is 0.380 e. The number of nitrogens with zero attached hydrogens (tertiary/aromatic N) is 1. The fourth-order valence-electron chi connectivity index (χ4n) is 3.65. The van der Waals surface area contributed by atoms with E-state index in [1.54, 1.807) is 17.0 Å². The van der Waals surface area contributed by atoms with E-state index in [1.165, 1.54) is 24.5 Å². The molecule has 1 N–H and O–H groups in total. The fourth-order valence-corrected chi connectivity index (χ4v) is 4.78.